The highest BCUT2D eigenvalue weighted by atomic mass is 35.5. The van der Waals surface area contributed by atoms with Crippen molar-refractivity contribution in [2.24, 2.45) is 0 Å². The van der Waals surface area contributed by atoms with Crippen LogP contribution in [-0.4, -0.2) is 43.8 Å². The van der Waals surface area contributed by atoms with Crippen LogP contribution in [0.3, 0.4) is 0 Å². The molecule has 41 heavy (non-hydrogen) atoms. The van der Waals surface area contributed by atoms with Crippen molar-refractivity contribution in [1.29, 1.82) is 0 Å². The molecule has 4 rings (SSSR count). The third kappa shape index (κ3) is 7.42. The minimum absolute atomic E-state index is 0.0427. The Kier molecular flexibility index (Phi) is 10.00. The van der Waals surface area contributed by atoms with Gasteiger partial charge in [-0.2, -0.15) is 0 Å². The van der Waals surface area contributed by atoms with E-state index < -0.39 is 28.5 Å². The average Bonchev–Trinajstić information content (AvgIpc) is 3.45. The van der Waals surface area contributed by atoms with Crippen molar-refractivity contribution in [3.63, 3.8) is 0 Å². The van der Waals surface area contributed by atoms with Gasteiger partial charge >= 0.3 is 0 Å². The Morgan fingerprint density at radius 1 is 0.951 bits per heavy atom. The van der Waals surface area contributed by atoms with Crippen molar-refractivity contribution < 1.29 is 18.0 Å². The quantitative estimate of drug-likeness (QED) is 0.291. The molecule has 10 heteroatoms. The van der Waals surface area contributed by atoms with Gasteiger partial charge in [-0.3, -0.25) is 13.9 Å². The van der Waals surface area contributed by atoms with E-state index in [1.807, 2.05) is 26.0 Å². The minimum atomic E-state index is -4.12. The number of anilines is 1. The summed E-state index contributed by atoms with van der Waals surface area (Å²) in [5.41, 5.74) is 2.73. The molecule has 0 spiro atoms. The molecule has 1 fully saturated rings. The average molecular weight is 617 g/mol. The second-order valence-corrected chi connectivity index (χ2v) is 13.2. The molecule has 0 radical (unpaired) electrons. The Balaban J connectivity index is 1.71. The molecule has 0 saturated heterocycles. The lowest BCUT2D eigenvalue weighted by atomic mass is 10.1. The Morgan fingerprint density at radius 3 is 2.27 bits per heavy atom. The van der Waals surface area contributed by atoms with Crippen LogP contribution in [-0.2, 0) is 26.2 Å². The van der Waals surface area contributed by atoms with Crippen LogP contribution in [0.2, 0.25) is 10.0 Å². The first-order chi connectivity index (χ1) is 19.5. The lowest BCUT2D eigenvalue weighted by molar-refractivity contribution is -0.139. The van der Waals surface area contributed by atoms with E-state index in [0.29, 0.717) is 26.9 Å². The van der Waals surface area contributed by atoms with Gasteiger partial charge in [-0.25, -0.2) is 8.42 Å². The topological polar surface area (TPSA) is 86.8 Å². The van der Waals surface area contributed by atoms with Crippen molar-refractivity contribution in [3.05, 3.63) is 93.5 Å². The maximum Gasteiger partial charge on any atom is 0.264 e. The number of carbonyl (C=O) groups excluding carboxylic acids is 2. The summed E-state index contributed by atoms with van der Waals surface area (Å²) in [5.74, 6) is -0.807. The second-order valence-electron chi connectivity index (χ2n) is 10.6. The van der Waals surface area contributed by atoms with Crippen LogP contribution in [0.5, 0.6) is 0 Å². The molecule has 0 bridgehead atoms. The molecule has 1 N–H and O–H groups in total. The van der Waals surface area contributed by atoms with E-state index in [2.05, 4.69) is 5.32 Å². The summed E-state index contributed by atoms with van der Waals surface area (Å²) in [6.07, 6.45) is 3.89. The first kappa shape index (κ1) is 30.9. The maximum absolute atomic E-state index is 14.1. The van der Waals surface area contributed by atoms with Gasteiger partial charge in [0.05, 0.1) is 20.6 Å². The molecule has 218 valence electrons. The van der Waals surface area contributed by atoms with E-state index in [-0.39, 0.29) is 23.4 Å². The van der Waals surface area contributed by atoms with Crippen LogP contribution in [0.15, 0.2) is 71.6 Å². The molecule has 0 unspecified atom stereocenters. The Hall–Kier alpha value is -3.07. The van der Waals surface area contributed by atoms with Crippen molar-refractivity contribution in [1.82, 2.24) is 10.2 Å². The molecule has 1 aliphatic rings. The number of carbonyl (C=O) groups is 2. The lowest BCUT2D eigenvalue weighted by Crippen LogP contribution is -2.52. The van der Waals surface area contributed by atoms with Gasteiger partial charge in [0.15, 0.2) is 0 Å². The third-order valence-corrected chi connectivity index (χ3v) is 9.95. The van der Waals surface area contributed by atoms with Gasteiger partial charge in [0.1, 0.15) is 12.6 Å². The summed E-state index contributed by atoms with van der Waals surface area (Å²) in [6.45, 7) is 4.94. The maximum atomic E-state index is 14.1. The summed E-state index contributed by atoms with van der Waals surface area (Å²) in [5, 5.41) is 3.76. The Labute approximate surface area is 252 Å². The largest absolute Gasteiger partial charge is 0.352 e. The number of benzene rings is 3. The first-order valence-corrected chi connectivity index (χ1v) is 15.9. The monoisotopic (exact) mass is 615 g/mol. The van der Waals surface area contributed by atoms with E-state index >= 15 is 0 Å². The van der Waals surface area contributed by atoms with Crippen LogP contribution in [0, 0.1) is 13.8 Å². The molecule has 0 heterocycles. The molecule has 7 nitrogen and oxygen atoms in total. The lowest BCUT2D eigenvalue weighted by Gasteiger charge is -2.33. The Morgan fingerprint density at radius 2 is 1.63 bits per heavy atom. The predicted octanol–water partition coefficient (Wildman–Crippen LogP) is 6.28. The summed E-state index contributed by atoms with van der Waals surface area (Å²) in [4.78, 5) is 28.9. The summed E-state index contributed by atoms with van der Waals surface area (Å²) in [7, 11) is -4.12. The van der Waals surface area contributed by atoms with Crippen LogP contribution in [0.4, 0.5) is 5.69 Å². The zero-order chi connectivity index (χ0) is 29.7. The number of halogens is 2. The molecule has 3 aromatic rings. The van der Waals surface area contributed by atoms with Crippen molar-refractivity contribution in [3.8, 4) is 0 Å². The van der Waals surface area contributed by atoms with Crippen LogP contribution in [0.1, 0.15) is 49.3 Å². The Bertz CT molecular complexity index is 1510. The van der Waals surface area contributed by atoms with E-state index in [1.54, 1.807) is 49.4 Å². The highest BCUT2D eigenvalue weighted by molar-refractivity contribution is 7.92. The van der Waals surface area contributed by atoms with Gasteiger partial charge in [0, 0.05) is 12.6 Å². The van der Waals surface area contributed by atoms with Crippen molar-refractivity contribution in [2.45, 2.75) is 70.0 Å². The predicted molar refractivity (Wildman–Crippen MR) is 164 cm³/mol. The molecule has 3 aromatic carbocycles. The smallest absolute Gasteiger partial charge is 0.264 e. The molecular formula is C31H35Cl2N3O4S. The van der Waals surface area contributed by atoms with Crippen molar-refractivity contribution >= 4 is 50.7 Å². The fourth-order valence-electron chi connectivity index (χ4n) is 5.13. The fourth-order valence-corrected chi connectivity index (χ4v) is 6.95. The van der Waals surface area contributed by atoms with Gasteiger partial charge in [-0.05, 0) is 75.1 Å². The SMILES string of the molecule is Cc1ccc(N(CC(=O)N(Cc2ccc(Cl)c(Cl)c2)[C@@H](C)C(=O)NC2CCCC2)S(=O)(=O)c2ccccc2)c(C)c1. The first-order valence-electron chi connectivity index (χ1n) is 13.7. The molecule has 1 saturated carbocycles. The molecule has 0 aromatic heterocycles. The summed E-state index contributed by atoms with van der Waals surface area (Å²) in [6, 6.07) is 17.6. The number of rotatable bonds is 10. The third-order valence-electron chi connectivity index (χ3n) is 7.44. The molecule has 1 aliphatic carbocycles. The van der Waals surface area contributed by atoms with Crippen molar-refractivity contribution in [2.75, 3.05) is 10.8 Å². The number of hydrogen-bond donors (Lipinski definition) is 1. The summed E-state index contributed by atoms with van der Waals surface area (Å²) < 4.78 is 29.0. The van der Waals surface area contributed by atoms with Gasteiger partial charge in [-0.1, -0.05) is 78.0 Å². The highest BCUT2D eigenvalue weighted by Crippen LogP contribution is 2.29. The molecule has 2 amide bonds. The van der Waals surface area contributed by atoms with E-state index in [9.17, 15) is 18.0 Å². The normalized spacial score (nSPS) is 14.5. The number of sulfonamides is 1. The number of hydrogen-bond acceptors (Lipinski definition) is 4. The highest BCUT2D eigenvalue weighted by Gasteiger charge is 2.34. The number of aryl methyl sites for hydroxylation is 2. The van der Waals surface area contributed by atoms with Crippen LogP contribution in [0.25, 0.3) is 0 Å². The number of amides is 2. The molecule has 0 aliphatic heterocycles. The summed E-state index contributed by atoms with van der Waals surface area (Å²) >= 11 is 12.4. The number of nitrogens with one attached hydrogen (secondary N) is 1. The zero-order valence-corrected chi connectivity index (χ0v) is 25.8. The molecular weight excluding hydrogens is 581 g/mol. The number of nitrogens with zero attached hydrogens (tertiary/aromatic N) is 2. The molecule has 1 atom stereocenters. The van der Waals surface area contributed by atoms with Gasteiger partial charge < -0.3 is 10.2 Å². The van der Waals surface area contributed by atoms with E-state index in [4.69, 9.17) is 23.2 Å². The van der Waals surface area contributed by atoms with Gasteiger partial charge in [0.25, 0.3) is 10.0 Å². The second kappa shape index (κ2) is 13.3. The zero-order valence-electron chi connectivity index (χ0n) is 23.4. The van der Waals surface area contributed by atoms with Crippen LogP contribution >= 0.6 is 23.2 Å². The van der Waals surface area contributed by atoms with E-state index in [1.165, 1.54) is 17.0 Å². The van der Waals surface area contributed by atoms with Crippen LogP contribution < -0.4 is 9.62 Å². The standard InChI is InChI=1S/C31H35Cl2N3O4S/c1-21-13-16-29(22(2)17-21)36(41(39,40)26-11-5-4-6-12-26)20-30(37)35(19-24-14-15-27(32)28(33)18-24)23(3)31(38)34-25-9-7-8-10-25/h4-6,11-18,23,25H,7-10,19-20H2,1-3H3,(H,34,38)/t23-/m0/s1. The van der Waals surface area contributed by atoms with Gasteiger partial charge in [0.2, 0.25) is 11.8 Å². The minimum Gasteiger partial charge on any atom is -0.352 e. The fraction of sp³-hybridized carbons (Fsp3) is 0.355. The van der Waals surface area contributed by atoms with E-state index in [0.717, 1.165) is 35.6 Å². The van der Waals surface area contributed by atoms with Gasteiger partial charge in [-0.15, -0.1) is 0 Å².